The van der Waals surface area contributed by atoms with Gasteiger partial charge in [0, 0.05) is 50.5 Å². The van der Waals surface area contributed by atoms with E-state index in [0.29, 0.717) is 37.8 Å². The minimum atomic E-state index is 0.0331. The molecule has 0 bridgehead atoms. The van der Waals surface area contributed by atoms with Crippen molar-refractivity contribution in [2.75, 3.05) is 39.4 Å². The Labute approximate surface area is 166 Å². The van der Waals surface area contributed by atoms with Gasteiger partial charge in [-0.15, -0.1) is 0 Å². The number of likely N-dealkylation sites (tertiary alicyclic amines) is 1. The molecular formula is C22H30N2O4. The van der Waals surface area contributed by atoms with Crippen LogP contribution in [-0.4, -0.2) is 67.1 Å². The maximum Gasteiger partial charge on any atom is 0.254 e. The Bertz CT molecular complexity index is 688. The molecule has 1 aliphatic carbocycles. The molecule has 1 aromatic rings. The van der Waals surface area contributed by atoms with Crippen molar-refractivity contribution in [3.05, 3.63) is 29.8 Å². The van der Waals surface area contributed by atoms with Gasteiger partial charge in [-0.3, -0.25) is 9.59 Å². The van der Waals surface area contributed by atoms with Crippen LogP contribution in [0.2, 0.25) is 0 Å². The van der Waals surface area contributed by atoms with Gasteiger partial charge in [0.15, 0.2) is 0 Å². The number of hydrogen-bond donors (Lipinski definition) is 0. The van der Waals surface area contributed by atoms with Crippen molar-refractivity contribution < 1.29 is 19.1 Å². The highest BCUT2D eigenvalue weighted by Gasteiger charge is 2.30. The molecule has 0 N–H and O–H groups in total. The third kappa shape index (κ3) is 4.49. The van der Waals surface area contributed by atoms with Crippen molar-refractivity contribution in [2.45, 2.75) is 44.6 Å². The number of ether oxygens (including phenoxy) is 2. The molecule has 0 atom stereocenters. The molecule has 28 heavy (non-hydrogen) atoms. The first-order chi connectivity index (χ1) is 13.7. The van der Waals surface area contributed by atoms with Crippen LogP contribution in [-0.2, 0) is 9.53 Å². The van der Waals surface area contributed by atoms with Gasteiger partial charge < -0.3 is 19.3 Å². The Balaban J connectivity index is 1.30. The summed E-state index contributed by atoms with van der Waals surface area (Å²) in [5.41, 5.74) is 0.660. The second-order valence-electron chi connectivity index (χ2n) is 8.06. The Kier molecular flexibility index (Phi) is 6.15. The van der Waals surface area contributed by atoms with E-state index >= 15 is 0 Å². The zero-order valence-corrected chi connectivity index (χ0v) is 16.5. The van der Waals surface area contributed by atoms with Crippen LogP contribution in [0.15, 0.2) is 24.3 Å². The minimum absolute atomic E-state index is 0.0331. The van der Waals surface area contributed by atoms with Gasteiger partial charge in [0.25, 0.3) is 5.91 Å². The summed E-state index contributed by atoms with van der Waals surface area (Å²) in [6.45, 7) is 4.01. The lowest BCUT2D eigenvalue weighted by molar-refractivity contribution is -0.137. The predicted molar refractivity (Wildman–Crippen MR) is 105 cm³/mol. The SMILES string of the molecule is O=C(c1cccc(OC2CCN(C(=O)C3CCCC3)CC2)c1)N1CCOCC1. The van der Waals surface area contributed by atoms with Gasteiger partial charge in [-0.2, -0.15) is 0 Å². The van der Waals surface area contributed by atoms with Gasteiger partial charge >= 0.3 is 0 Å². The quantitative estimate of drug-likeness (QED) is 0.798. The molecule has 0 spiro atoms. The Morgan fingerprint density at radius 2 is 1.64 bits per heavy atom. The fourth-order valence-electron chi connectivity index (χ4n) is 4.47. The minimum Gasteiger partial charge on any atom is -0.490 e. The van der Waals surface area contributed by atoms with Gasteiger partial charge in [-0.05, 0) is 31.0 Å². The highest BCUT2D eigenvalue weighted by molar-refractivity contribution is 5.94. The lowest BCUT2D eigenvalue weighted by atomic mass is 10.0. The zero-order chi connectivity index (χ0) is 19.3. The Morgan fingerprint density at radius 1 is 0.929 bits per heavy atom. The topological polar surface area (TPSA) is 59.1 Å². The third-order valence-electron chi connectivity index (χ3n) is 6.14. The Morgan fingerprint density at radius 3 is 2.36 bits per heavy atom. The number of benzene rings is 1. The molecule has 1 saturated carbocycles. The molecule has 6 nitrogen and oxygen atoms in total. The van der Waals surface area contributed by atoms with Crippen LogP contribution in [0.3, 0.4) is 0 Å². The fourth-order valence-corrected chi connectivity index (χ4v) is 4.47. The van der Waals surface area contributed by atoms with E-state index in [1.54, 1.807) is 0 Å². The molecule has 0 unspecified atom stereocenters. The number of amides is 2. The van der Waals surface area contributed by atoms with Crippen LogP contribution in [0, 0.1) is 5.92 Å². The second kappa shape index (κ2) is 8.95. The molecular weight excluding hydrogens is 356 g/mol. The molecule has 0 radical (unpaired) electrons. The van der Waals surface area contributed by atoms with Crippen molar-refractivity contribution in [2.24, 2.45) is 5.92 Å². The van der Waals surface area contributed by atoms with E-state index in [-0.39, 0.29) is 17.9 Å². The smallest absolute Gasteiger partial charge is 0.254 e. The van der Waals surface area contributed by atoms with Crippen LogP contribution in [0.1, 0.15) is 48.9 Å². The van der Waals surface area contributed by atoms with E-state index in [0.717, 1.165) is 44.5 Å². The van der Waals surface area contributed by atoms with Gasteiger partial charge in [0.05, 0.1) is 13.2 Å². The van der Waals surface area contributed by atoms with Crippen molar-refractivity contribution in [3.8, 4) is 5.75 Å². The average Bonchev–Trinajstić information content (AvgIpc) is 3.29. The molecule has 3 aliphatic rings. The summed E-state index contributed by atoms with van der Waals surface area (Å²) >= 11 is 0. The summed E-state index contributed by atoms with van der Waals surface area (Å²) in [6.07, 6.45) is 6.28. The van der Waals surface area contributed by atoms with Crippen molar-refractivity contribution in [3.63, 3.8) is 0 Å². The number of hydrogen-bond acceptors (Lipinski definition) is 4. The van der Waals surface area contributed by atoms with Gasteiger partial charge in [0.1, 0.15) is 11.9 Å². The molecule has 3 fully saturated rings. The van der Waals surface area contributed by atoms with E-state index < -0.39 is 0 Å². The molecule has 6 heteroatoms. The van der Waals surface area contributed by atoms with Gasteiger partial charge in [-0.1, -0.05) is 18.9 Å². The molecule has 0 aromatic heterocycles. The fraction of sp³-hybridized carbons (Fsp3) is 0.636. The maximum absolute atomic E-state index is 12.7. The lowest BCUT2D eigenvalue weighted by Crippen LogP contribution is -2.44. The van der Waals surface area contributed by atoms with Crippen LogP contribution in [0.5, 0.6) is 5.75 Å². The second-order valence-corrected chi connectivity index (χ2v) is 8.06. The highest BCUT2D eigenvalue weighted by atomic mass is 16.5. The first-order valence-corrected chi connectivity index (χ1v) is 10.6. The molecule has 2 aliphatic heterocycles. The van der Waals surface area contributed by atoms with Crippen LogP contribution >= 0.6 is 0 Å². The maximum atomic E-state index is 12.7. The number of piperidine rings is 1. The van der Waals surface area contributed by atoms with Crippen LogP contribution in [0.25, 0.3) is 0 Å². The largest absolute Gasteiger partial charge is 0.490 e. The lowest BCUT2D eigenvalue weighted by Gasteiger charge is -2.33. The van der Waals surface area contributed by atoms with E-state index in [1.165, 1.54) is 12.8 Å². The number of carbonyl (C=O) groups excluding carboxylic acids is 2. The molecule has 2 amide bonds. The van der Waals surface area contributed by atoms with Crippen molar-refractivity contribution >= 4 is 11.8 Å². The summed E-state index contributed by atoms with van der Waals surface area (Å²) in [4.78, 5) is 29.1. The summed E-state index contributed by atoms with van der Waals surface area (Å²) in [6, 6.07) is 7.47. The van der Waals surface area contributed by atoms with E-state index in [4.69, 9.17) is 9.47 Å². The molecule has 4 rings (SSSR count). The number of morpholine rings is 1. The summed E-state index contributed by atoms with van der Waals surface area (Å²) < 4.78 is 11.5. The molecule has 2 saturated heterocycles. The van der Waals surface area contributed by atoms with E-state index in [9.17, 15) is 9.59 Å². The van der Waals surface area contributed by atoms with Crippen molar-refractivity contribution in [1.29, 1.82) is 0 Å². The summed E-state index contributed by atoms with van der Waals surface area (Å²) in [5.74, 6) is 1.36. The summed E-state index contributed by atoms with van der Waals surface area (Å²) in [5, 5.41) is 0. The first kappa shape index (κ1) is 19.2. The Hall–Kier alpha value is -2.08. The van der Waals surface area contributed by atoms with Crippen LogP contribution in [0.4, 0.5) is 0 Å². The van der Waals surface area contributed by atoms with Gasteiger partial charge in [-0.25, -0.2) is 0 Å². The van der Waals surface area contributed by atoms with Crippen molar-refractivity contribution in [1.82, 2.24) is 9.80 Å². The summed E-state index contributed by atoms with van der Waals surface area (Å²) in [7, 11) is 0. The standard InChI is InChI=1S/C22H30N2O4/c25-21(17-4-1-2-5-17)23-10-8-19(9-11-23)28-20-7-3-6-18(16-20)22(26)24-12-14-27-15-13-24/h3,6-7,16-17,19H,1-2,4-5,8-15H2. The van der Waals surface area contributed by atoms with Gasteiger partial charge in [0.2, 0.25) is 5.91 Å². The zero-order valence-electron chi connectivity index (χ0n) is 16.5. The number of rotatable bonds is 4. The third-order valence-corrected chi connectivity index (χ3v) is 6.14. The normalized spacial score (nSPS) is 21.7. The predicted octanol–water partition coefficient (Wildman–Crippen LogP) is 2.72. The number of nitrogens with zero attached hydrogens (tertiary/aromatic N) is 2. The molecule has 2 heterocycles. The monoisotopic (exact) mass is 386 g/mol. The number of carbonyl (C=O) groups is 2. The molecule has 152 valence electrons. The molecule has 1 aromatic carbocycles. The van der Waals surface area contributed by atoms with E-state index in [1.807, 2.05) is 34.1 Å². The first-order valence-electron chi connectivity index (χ1n) is 10.6. The highest BCUT2D eigenvalue weighted by Crippen LogP contribution is 2.28. The van der Waals surface area contributed by atoms with Crippen LogP contribution < -0.4 is 4.74 Å². The average molecular weight is 386 g/mol. The van der Waals surface area contributed by atoms with E-state index in [2.05, 4.69) is 0 Å².